The molecule has 0 aliphatic heterocycles. The first-order valence-electron chi connectivity index (χ1n) is 9.56. The van der Waals surface area contributed by atoms with Crippen molar-refractivity contribution >= 4 is 17.0 Å². The van der Waals surface area contributed by atoms with Crippen LogP contribution in [0.1, 0.15) is 66.9 Å². The van der Waals surface area contributed by atoms with Gasteiger partial charge >= 0.3 is 0 Å². The Morgan fingerprint density at radius 2 is 1.71 bits per heavy atom. The van der Waals surface area contributed by atoms with Gasteiger partial charge in [-0.15, -0.1) is 0 Å². The highest BCUT2D eigenvalue weighted by atomic mass is 16.3. The second-order valence-electron chi connectivity index (χ2n) is 7.89. The molecule has 1 amide bonds. The molecule has 1 aromatic carbocycles. The lowest BCUT2D eigenvalue weighted by atomic mass is 9.93. The van der Waals surface area contributed by atoms with Gasteiger partial charge in [-0.2, -0.15) is 0 Å². The van der Waals surface area contributed by atoms with E-state index in [1.54, 1.807) is 14.0 Å². The molecule has 0 aliphatic rings. The van der Waals surface area contributed by atoms with E-state index in [-0.39, 0.29) is 40.1 Å². The van der Waals surface area contributed by atoms with E-state index in [2.05, 4.69) is 62.3 Å². The van der Waals surface area contributed by atoms with Crippen LogP contribution in [-0.2, 0) is 7.05 Å². The summed E-state index contributed by atoms with van der Waals surface area (Å²) in [5.74, 6) is 0.687. The monoisotopic (exact) mass is 381 g/mol. The van der Waals surface area contributed by atoms with Crippen molar-refractivity contribution in [2.75, 3.05) is 0 Å². The second kappa shape index (κ2) is 7.62. The molecule has 1 unspecified atom stereocenters. The van der Waals surface area contributed by atoms with Crippen LogP contribution in [0.15, 0.2) is 39.8 Å². The van der Waals surface area contributed by atoms with Gasteiger partial charge in [0.25, 0.3) is 11.5 Å². The lowest BCUT2D eigenvalue weighted by Gasteiger charge is -2.23. The smallest absolute Gasteiger partial charge is 0.265 e. The van der Waals surface area contributed by atoms with Crippen LogP contribution in [0.4, 0.5) is 0 Å². The number of nitrogens with one attached hydrogen (secondary N) is 1. The van der Waals surface area contributed by atoms with Crippen LogP contribution in [0.5, 0.6) is 0 Å². The number of rotatable bonds is 5. The van der Waals surface area contributed by atoms with E-state index in [1.807, 2.05) is 0 Å². The van der Waals surface area contributed by atoms with E-state index in [0.717, 1.165) is 5.56 Å². The van der Waals surface area contributed by atoms with Crippen molar-refractivity contribution in [2.24, 2.45) is 13.0 Å². The molecule has 148 valence electrons. The lowest BCUT2D eigenvalue weighted by molar-refractivity contribution is 0.0925. The Labute approximate surface area is 164 Å². The van der Waals surface area contributed by atoms with Crippen molar-refractivity contribution in [3.8, 4) is 0 Å². The van der Waals surface area contributed by atoms with E-state index in [1.165, 1.54) is 16.5 Å². The van der Waals surface area contributed by atoms with Crippen LogP contribution >= 0.6 is 0 Å². The number of aryl methyl sites for hydroxylation is 2. The molecule has 1 N–H and O–H groups in total. The molecule has 2 aromatic heterocycles. The Morgan fingerprint density at radius 3 is 2.29 bits per heavy atom. The maximum absolute atomic E-state index is 13.1. The van der Waals surface area contributed by atoms with Crippen molar-refractivity contribution in [3.63, 3.8) is 0 Å². The van der Waals surface area contributed by atoms with Gasteiger partial charge in [-0.3, -0.25) is 9.59 Å². The number of furan rings is 1. The number of carbonyl (C=O) groups is 1. The average molecular weight is 381 g/mol. The van der Waals surface area contributed by atoms with E-state index >= 15 is 0 Å². The highest BCUT2D eigenvalue weighted by Gasteiger charge is 2.26. The maximum Gasteiger partial charge on any atom is 0.265 e. The van der Waals surface area contributed by atoms with Crippen LogP contribution < -0.4 is 10.9 Å². The van der Waals surface area contributed by atoms with Gasteiger partial charge in [-0.25, -0.2) is 4.98 Å². The summed E-state index contributed by atoms with van der Waals surface area (Å²) in [4.78, 5) is 29.8. The van der Waals surface area contributed by atoms with E-state index in [9.17, 15) is 9.59 Å². The molecule has 6 heteroatoms. The van der Waals surface area contributed by atoms with Gasteiger partial charge in [-0.05, 0) is 29.9 Å². The Morgan fingerprint density at radius 1 is 1.11 bits per heavy atom. The summed E-state index contributed by atoms with van der Waals surface area (Å²) in [5, 5.41) is 3.31. The van der Waals surface area contributed by atoms with Crippen LogP contribution in [-0.4, -0.2) is 15.5 Å². The normalized spacial score (nSPS) is 12.7. The molecule has 0 saturated heterocycles. The molecule has 1 atom stereocenters. The molecule has 0 saturated carbocycles. The molecular formula is C22H27N3O3. The molecule has 0 spiro atoms. The summed E-state index contributed by atoms with van der Waals surface area (Å²) >= 11 is 0. The summed E-state index contributed by atoms with van der Waals surface area (Å²) < 4.78 is 6.91. The first-order valence-corrected chi connectivity index (χ1v) is 9.56. The second-order valence-corrected chi connectivity index (χ2v) is 7.89. The Kier molecular flexibility index (Phi) is 5.40. The van der Waals surface area contributed by atoms with Gasteiger partial charge in [0.1, 0.15) is 17.5 Å². The van der Waals surface area contributed by atoms with E-state index in [4.69, 9.17) is 4.42 Å². The summed E-state index contributed by atoms with van der Waals surface area (Å²) in [6, 6.07) is 8.13. The highest BCUT2D eigenvalue weighted by Crippen LogP contribution is 2.26. The first-order chi connectivity index (χ1) is 13.2. The quantitative estimate of drug-likeness (QED) is 0.722. The largest absolute Gasteiger partial charge is 0.442 e. The predicted molar refractivity (Wildman–Crippen MR) is 110 cm³/mol. The van der Waals surface area contributed by atoms with Crippen molar-refractivity contribution < 1.29 is 9.21 Å². The number of amides is 1. The fraction of sp³-hybridized carbons (Fsp3) is 0.409. The van der Waals surface area contributed by atoms with Crippen molar-refractivity contribution in [1.82, 2.24) is 14.9 Å². The Balaban J connectivity index is 1.98. The molecule has 0 fully saturated rings. The predicted octanol–water partition coefficient (Wildman–Crippen LogP) is 4.09. The number of nitrogens with zero attached hydrogens (tertiary/aromatic N) is 2. The molecular weight excluding hydrogens is 354 g/mol. The molecule has 3 rings (SSSR count). The summed E-state index contributed by atoms with van der Waals surface area (Å²) in [6.45, 7) is 10.1. The summed E-state index contributed by atoms with van der Waals surface area (Å²) in [5.41, 5.74) is 2.43. The van der Waals surface area contributed by atoms with Crippen LogP contribution in [0.2, 0.25) is 0 Å². The lowest BCUT2D eigenvalue weighted by Crippen LogP contribution is -2.32. The fourth-order valence-corrected chi connectivity index (χ4v) is 3.40. The zero-order valence-corrected chi connectivity index (χ0v) is 17.2. The topological polar surface area (TPSA) is 77.1 Å². The van der Waals surface area contributed by atoms with Gasteiger partial charge in [0.2, 0.25) is 5.71 Å². The number of aromatic nitrogens is 2. The molecule has 6 nitrogen and oxygen atoms in total. The SMILES string of the molecule is Cc1oc2ncn(C)c(=O)c2c1C(=O)NC(c1ccc(C(C)C)cc1)C(C)C. The maximum atomic E-state index is 13.1. The minimum atomic E-state index is -0.326. The standard InChI is InChI=1S/C22H27N3O3/c1-12(2)15-7-9-16(10-8-15)19(13(3)4)24-20(26)17-14(5)28-21-18(17)22(27)25(6)11-23-21/h7-13,19H,1-6H3,(H,24,26). The summed E-state index contributed by atoms with van der Waals surface area (Å²) in [7, 11) is 1.60. The van der Waals surface area contributed by atoms with Crippen LogP contribution in [0.25, 0.3) is 11.1 Å². The average Bonchev–Trinajstić information content (AvgIpc) is 2.99. The molecule has 28 heavy (non-hydrogen) atoms. The third-order valence-corrected chi connectivity index (χ3v) is 5.09. The molecule has 0 aliphatic carbocycles. The molecule has 3 aromatic rings. The van der Waals surface area contributed by atoms with Gasteiger partial charge in [-0.1, -0.05) is 52.0 Å². The van der Waals surface area contributed by atoms with Crippen LogP contribution in [0.3, 0.4) is 0 Å². The highest BCUT2D eigenvalue weighted by molar-refractivity contribution is 6.06. The zero-order chi connectivity index (χ0) is 20.6. The third kappa shape index (κ3) is 3.59. The number of fused-ring (bicyclic) bond motifs is 1. The van der Waals surface area contributed by atoms with Crippen molar-refractivity contribution in [1.29, 1.82) is 0 Å². The van der Waals surface area contributed by atoms with Crippen molar-refractivity contribution in [3.05, 3.63) is 63.4 Å². The number of benzene rings is 1. The van der Waals surface area contributed by atoms with Crippen molar-refractivity contribution in [2.45, 2.75) is 46.6 Å². The zero-order valence-electron chi connectivity index (χ0n) is 17.2. The number of carbonyl (C=O) groups excluding carboxylic acids is 1. The fourth-order valence-electron chi connectivity index (χ4n) is 3.40. The van der Waals surface area contributed by atoms with E-state index < -0.39 is 0 Å². The molecule has 0 radical (unpaired) electrons. The number of hydrogen-bond donors (Lipinski definition) is 1. The van der Waals surface area contributed by atoms with E-state index in [0.29, 0.717) is 11.7 Å². The number of hydrogen-bond acceptors (Lipinski definition) is 4. The molecule has 2 heterocycles. The molecule has 0 bridgehead atoms. The summed E-state index contributed by atoms with van der Waals surface area (Å²) in [6.07, 6.45) is 1.39. The minimum absolute atomic E-state index is 0.174. The van der Waals surface area contributed by atoms with Gasteiger partial charge in [0.15, 0.2) is 0 Å². The third-order valence-electron chi connectivity index (χ3n) is 5.09. The Bertz CT molecular complexity index is 1060. The van der Waals surface area contributed by atoms with Gasteiger partial charge in [0, 0.05) is 7.05 Å². The van der Waals surface area contributed by atoms with Gasteiger partial charge < -0.3 is 14.3 Å². The Hall–Kier alpha value is -2.89. The minimum Gasteiger partial charge on any atom is -0.442 e. The van der Waals surface area contributed by atoms with Crippen LogP contribution in [0, 0.1) is 12.8 Å². The first kappa shape index (κ1) is 19.9. The van der Waals surface area contributed by atoms with Gasteiger partial charge in [0.05, 0.1) is 11.6 Å².